The van der Waals surface area contributed by atoms with E-state index >= 15 is 0 Å². The molecule has 3 rings (SSSR count). The second-order valence-electron chi connectivity index (χ2n) is 4.33. The molecular formula is C15H13N2O. The standard InChI is InChI=1S/C15H13N2O/c1-17-13-10-6-5-9-12(13)16-14(15(17)18)11-7-3-2-4-8-11/h2-10,14H,1H3/t14-/m0/s1. The molecule has 0 spiro atoms. The van der Waals surface area contributed by atoms with Crippen LogP contribution in [0.2, 0.25) is 0 Å². The molecule has 1 atom stereocenters. The first-order valence-corrected chi connectivity index (χ1v) is 5.90. The molecule has 0 saturated carbocycles. The number of carbonyl (C=O) groups is 1. The Morgan fingerprint density at radius 1 is 1.00 bits per heavy atom. The SMILES string of the molecule is CN1C(=O)[C@H](c2ccccc2)[N]c2ccccc21. The van der Waals surface area contributed by atoms with Gasteiger partial charge in [0, 0.05) is 7.05 Å². The molecule has 0 saturated heterocycles. The molecule has 0 aliphatic carbocycles. The van der Waals surface area contributed by atoms with Crippen LogP contribution in [0.5, 0.6) is 0 Å². The van der Waals surface area contributed by atoms with Crippen molar-refractivity contribution in [1.82, 2.24) is 5.32 Å². The third kappa shape index (κ3) is 1.64. The molecule has 1 aliphatic heterocycles. The lowest BCUT2D eigenvalue weighted by Gasteiger charge is -2.31. The molecule has 1 radical (unpaired) electrons. The molecule has 3 nitrogen and oxygen atoms in total. The first-order valence-electron chi connectivity index (χ1n) is 5.90. The zero-order valence-electron chi connectivity index (χ0n) is 10.1. The van der Waals surface area contributed by atoms with E-state index in [-0.39, 0.29) is 5.91 Å². The summed E-state index contributed by atoms with van der Waals surface area (Å²) in [7, 11) is 1.80. The molecule has 1 heterocycles. The smallest absolute Gasteiger partial charge is 0.256 e. The summed E-state index contributed by atoms with van der Waals surface area (Å²) in [6, 6.07) is 17.0. The number of para-hydroxylation sites is 2. The molecule has 89 valence electrons. The lowest BCUT2D eigenvalue weighted by Crippen LogP contribution is -2.39. The van der Waals surface area contributed by atoms with Gasteiger partial charge in [0.2, 0.25) is 0 Å². The molecule has 1 amide bonds. The van der Waals surface area contributed by atoms with Crippen molar-refractivity contribution in [2.24, 2.45) is 0 Å². The van der Waals surface area contributed by atoms with Gasteiger partial charge in [-0.05, 0) is 17.7 Å². The Morgan fingerprint density at radius 2 is 1.67 bits per heavy atom. The Morgan fingerprint density at radius 3 is 2.44 bits per heavy atom. The summed E-state index contributed by atoms with van der Waals surface area (Å²) in [6.07, 6.45) is 0. The number of hydrogen-bond donors (Lipinski definition) is 0. The normalized spacial score (nSPS) is 18.2. The first-order chi connectivity index (χ1) is 8.77. The van der Waals surface area contributed by atoms with Crippen LogP contribution in [0.1, 0.15) is 11.6 Å². The van der Waals surface area contributed by atoms with Crippen molar-refractivity contribution in [2.75, 3.05) is 11.9 Å². The Balaban J connectivity index is 2.04. The number of carbonyl (C=O) groups excluding carboxylic acids is 1. The van der Waals surface area contributed by atoms with E-state index in [1.807, 2.05) is 54.6 Å². The van der Waals surface area contributed by atoms with E-state index < -0.39 is 6.04 Å². The van der Waals surface area contributed by atoms with Crippen LogP contribution >= 0.6 is 0 Å². The van der Waals surface area contributed by atoms with E-state index in [0.717, 1.165) is 16.9 Å². The molecule has 0 N–H and O–H groups in total. The molecule has 2 aromatic rings. The molecule has 0 unspecified atom stereocenters. The van der Waals surface area contributed by atoms with E-state index in [4.69, 9.17) is 0 Å². The van der Waals surface area contributed by atoms with Crippen LogP contribution in [-0.4, -0.2) is 13.0 Å². The van der Waals surface area contributed by atoms with Gasteiger partial charge in [0.15, 0.2) is 6.04 Å². The molecule has 18 heavy (non-hydrogen) atoms. The number of nitrogens with zero attached hydrogens (tertiary/aromatic N) is 2. The predicted octanol–water partition coefficient (Wildman–Crippen LogP) is 2.64. The minimum Gasteiger partial charge on any atom is -0.311 e. The maximum atomic E-state index is 12.3. The maximum absolute atomic E-state index is 12.3. The van der Waals surface area contributed by atoms with E-state index in [2.05, 4.69) is 5.32 Å². The molecule has 0 fully saturated rings. The van der Waals surface area contributed by atoms with Gasteiger partial charge >= 0.3 is 0 Å². The predicted molar refractivity (Wildman–Crippen MR) is 70.8 cm³/mol. The van der Waals surface area contributed by atoms with Gasteiger partial charge in [-0.25, -0.2) is 0 Å². The Kier molecular flexibility index (Phi) is 2.52. The monoisotopic (exact) mass is 237 g/mol. The van der Waals surface area contributed by atoms with Gasteiger partial charge in [0.1, 0.15) is 0 Å². The average Bonchev–Trinajstić information content (AvgIpc) is 2.44. The molecule has 0 bridgehead atoms. The van der Waals surface area contributed by atoms with Crippen molar-refractivity contribution >= 4 is 17.3 Å². The molecule has 0 aromatic heterocycles. The fourth-order valence-corrected chi connectivity index (χ4v) is 2.21. The third-order valence-corrected chi connectivity index (χ3v) is 3.19. The van der Waals surface area contributed by atoms with Crippen LogP contribution in [-0.2, 0) is 4.79 Å². The van der Waals surface area contributed by atoms with E-state index in [0.29, 0.717) is 0 Å². The van der Waals surface area contributed by atoms with Gasteiger partial charge in [-0.15, -0.1) is 0 Å². The molecular weight excluding hydrogens is 224 g/mol. The molecule has 3 heteroatoms. The van der Waals surface area contributed by atoms with Gasteiger partial charge in [-0.2, -0.15) is 0 Å². The van der Waals surface area contributed by atoms with Crippen molar-refractivity contribution < 1.29 is 4.79 Å². The van der Waals surface area contributed by atoms with Crippen molar-refractivity contribution in [3.8, 4) is 0 Å². The second-order valence-corrected chi connectivity index (χ2v) is 4.33. The summed E-state index contributed by atoms with van der Waals surface area (Å²) in [6.45, 7) is 0. The van der Waals surface area contributed by atoms with Crippen molar-refractivity contribution in [3.63, 3.8) is 0 Å². The van der Waals surface area contributed by atoms with Gasteiger partial charge < -0.3 is 4.90 Å². The number of benzene rings is 2. The van der Waals surface area contributed by atoms with Gasteiger partial charge in [0.25, 0.3) is 5.91 Å². The first kappa shape index (κ1) is 10.8. The lowest BCUT2D eigenvalue weighted by molar-refractivity contribution is -0.120. The zero-order valence-corrected chi connectivity index (χ0v) is 10.1. The fraction of sp³-hybridized carbons (Fsp3) is 0.133. The van der Waals surface area contributed by atoms with Crippen LogP contribution in [0.15, 0.2) is 54.6 Å². The Labute approximate surface area is 106 Å². The van der Waals surface area contributed by atoms with Crippen molar-refractivity contribution in [2.45, 2.75) is 6.04 Å². The minimum atomic E-state index is -0.425. The summed E-state index contributed by atoms with van der Waals surface area (Å²) in [5, 5.41) is 4.56. The summed E-state index contributed by atoms with van der Waals surface area (Å²) in [4.78, 5) is 14.0. The van der Waals surface area contributed by atoms with Gasteiger partial charge in [-0.3, -0.25) is 10.1 Å². The zero-order chi connectivity index (χ0) is 12.5. The van der Waals surface area contributed by atoms with Crippen LogP contribution < -0.4 is 10.2 Å². The molecule has 1 aliphatic rings. The van der Waals surface area contributed by atoms with Crippen LogP contribution in [0.3, 0.4) is 0 Å². The second kappa shape index (κ2) is 4.18. The summed E-state index contributed by atoms with van der Waals surface area (Å²) >= 11 is 0. The van der Waals surface area contributed by atoms with Crippen molar-refractivity contribution in [1.29, 1.82) is 0 Å². The summed E-state index contributed by atoms with van der Waals surface area (Å²) in [5.41, 5.74) is 2.67. The van der Waals surface area contributed by atoms with Crippen LogP contribution in [0, 0.1) is 0 Å². The minimum absolute atomic E-state index is 0.0138. The average molecular weight is 237 g/mol. The van der Waals surface area contributed by atoms with Gasteiger partial charge in [0.05, 0.1) is 11.4 Å². The highest BCUT2D eigenvalue weighted by Crippen LogP contribution is 2.35. The van der Waals surface area contributed by atoms with Gasteiger partial charge in [-0.1, -0.05) is 42.5 Å². The number of anilines is 1. The lowest BCUT2D eigenvalue weighted by atomic mass is 10.0. The highest BCUT2D eigenvalue weighted by Gasteiger charge is 2.32. The Hall–Kier alpha value is -2.29. The van der Waals surface area contributed by atoms with E-state index in [9.17, 15) is 4.79 Å². The number of amides is 1. The number of fused-ring (bicyclic) bond motifs is 1. The van der Waals surface area contributed by atoms with E-state index in [1.54, 1.807) is 11.9 Å². The van der Waals surface area contributed by atoms with Crippen molar-refractivity contribution in [3.05, 3.63) is 60.2 Å². The largest absolute Gasteiger partial charge is 0.311 e. The summed E-state index contributed by atoms with van der Waals surface area (Å²) in [5.74, 6) is 0.0138. The quantitative estimate of drug-likeness (QED) is 0.750. The third-order valence-electron chi connectivity index (χ3n) is 3.19. The number of hydrogen-bond acceptors (Lipinski definition) is 1. The number of likely N-dealkylation sites (N-methyl/N-ethyl adjacent to an activating group) is 1. The highest BCUT2D eigenvalue weighted by molar-refractivity contribution is 6.02. The fourth-order valence-electron chi connectivity index (χ4n) is 2.21. The van der Waals surface area contributed by atoms with Crippen LogP contribution in [0.4, 0.5) is 11.4 Å². The maximum Gasteiger partial charge on any atom is 0.256 e. The Bertz CT molecular complexity index is 580. The molecule has 2 aromatic carbocycles. The summed E-state index contributed by atoms with van der Waals surface area (Å²) < 4.78 is 0. The topological polar surface area (TPSA) is 34.4 Å². The van der Waals surface area contributed by atoms with E-state index in [1.165, 1.54) is 0 Å². The number of rotatable bonds is 1. The van der Waals surface area contributed by atoms with Crippen LogP contribution in [0.25, 0.3) is 0 Å². The highest BCUT2D eigenvalue weighted by atomic mass is 16.2.